The molecule has 8 heteroatoms. The molecule has 3 aromatic rings. The Bertz CT molecular complexity index is 1080. The Labute approximate surface area is 175 Å². The van der Waals surface area contributed by atoms with Crippen LogP contribution < -0.4 is 5.73 Å². The number of aryl methyl sites for hydroxylation is 1. The molecule has 1 amide bonds. The molecule has 1 fully saturated rings. The predicted octanol–water partition coefficient (Wildman–Crippen LogP) is 3.05. The zero-order valence-corrected chi connectivity index (χ0v) is 17.7. The molecule has 0 aromatic carbocycles. The summed E-state index contributed by atoms with van der Waals surface area (Å²) in [6.07, 6.45) is 9.54. The van der Waals surface area contributed by atoms with E-state index in [1.165, 1.54) is 6.20 Å². The number of amides is 1. The molecule has 30 heavy (non-hydrogen) atoms. The number of carbonyl (C=O) groups excluding carboxylic acids is 1. The monoisotopic (exact) mass is 408 g/mol. The van der Waals surface area contributed by atoms with Crippen molar-refractivity contribution in [3.63, 3.8) is 0 Å². The van der Waals surface area contributed by atoms with Crippen LogP contribution in [-0.4, -0.2) is 41.3 Å². The Kier molecular flexibility index (Phi) is 5.27. The predicted molar refractivity (Wildman–Crippen MR) is 113 cm³/mol. The van der Waals surface area contributed by atoms with Crippen molar-refractivity contribution in [2.75, 3.05) is 0 Å². The van der Waals surface area contributed by atoms with Gasteiger partial charge < -0.3 is 10.8 Å². The van der Waals surface area contributed by atoms with E-state index in [2.05, 4.69) is 15.1 Å². The van der Waals surface area contributed by atoms with Gasteiger partial charge in [-0.1, -0.05) is 0 Å². The van der Waals surface area contributed by atoms with E-state index in [0.29, 0.717) is 23.1 Å². The van der Waals surface area contributed by atoms with Gasteiger partial charge in [0, 0.05) is 23.7 Å². The molecule has 1 aliphatic carbocycles. The van der Waals surface area contributed by atoms with E-state index in [4.69, 9.17) is 10.7 Å². The van der Waals surface area contributed by atoms with Crippen LogP contribution in [0.5, 0.6) is 0 Å². The lowest BCUT2D eigenvalue weighted by atomic mass is 9.76. The van der Waals surface area contributed by atoms with Gasteiger partial charge >= 0.3 is 0 Å². The van der Waals surface area contributed by atoms with Gasteiger partial charge in [-0.25, -0.2) is 9.97 Å². The number of pyridine rings is 1. The number of rotatable bonds is 5. The van der Waals surface area contributed by atoms with Crippen molar-refractivity contribution < 1.29 is 9.90 Å². The van der Waals surface area contributed by atoms with Crippen LogP contribution in [0.2, 0.25) is 0 Å². The molecule has 1 saturated carbocycles. The molecule has 0 radical (unpaired) electrons. The maximum absolute atomic E-state index is 12.1. The summed E-state index contributed by atoms with van der Waals surface area (Å²) in [6.45, 7) is 5.64. The highest BCUT2D eigenvalue weighted by Gasteiger charge is 2.30. The van der Waals surface area contributed by atoms with E-state index >= 15 is 0 Å². The van der Waals surface area contributed by atoms with Crippen LogP contribution in [0, 0.1) is 12.8 Å². The third kappa shape index (κ3) is 4.05. The Morgan fingerprint density at radius 1 is 1.27 bits per heavy atom. The average molecular weight is 409 g/mol. The van der Waals surface area contributed by atoms with Crippen molar-refractivity contribution in [2.45, 2.75) is 64.4 Å². The van der Waals surface area contributed by atoms with Crippen LogP contribution in [0.4, 0.5) is 0 Å². The number of aromatic nitrogens is 5. The number of primary amides is 1. The standard InChI is InChI=1S/C22H28N6O2/c1-13-16-8-9-24-12-18(16)28(27-13)21-25-11-17(20(23)29)19(26-21)15-6-4-14(5-7-15)10-22(2,3)30/h8-9,11-12,14-15,30H,4-7,10H2,1-3H3,(H2,23,29)/t14-,15-. The molecule has 8 nitrogen and oxygen atoms in total. The zero-order valence-electron chi connectivity index (χ0n) is 17.7. The highest BCUT2D eigenvalue weighted by Crippen LogP contribution is 2.39. The van der Waals surface area contributed by atoms with Crippen LogP contribution >= 0.6 is 0 Å². The highest BCUT2D eigenvalue weighted by atomic mass is 16.3. The van der Waals surface area contributed by atoms with Gasteiger partial charge in [-0.05, 0) is 64.9 Å². The minimum atomic E-state index is -0.662. The molecule has 0 spiro atoms. The third-order valence-electron chi connectivity index (χ3n) is 5.95. The average Bonchev–Trinajstić information content (AvgIpc) is 3.04. The third-order valence-corrected chi connectivity index (χ3v) is 5.95. The van der Waals surface area contributed by atoms with Crippen molar-refractivity contribution >= 4 is 16.8 Å². The summed E-state index contributed by atoms with van der Waals surface area (Å²) in [7, 11) is 0. The summed E-state index contributed by atoms with van der Waals surface area (Å²) in [5.41, 5.74) is 7.72. The van der Waals surface area contributed by atoms with Crippen LogP contribution in [0.1, 0.15) is 73.6 Å². The molecule has 158 valence electrons. The quantitative estimate of drug-likeness (QED) is 0.669. The van der Waals surface area contributed by atoms with Crippen molar-refractivity contribution in [1.82, 2.24) is 24.7 Å². The molecule has 3 aromatic heterocycles. The van der Waals surface area contributed by atoms with E-state index in [1.54, 1.807) is 17.1 Å². The zero-order chi connectivity index (χ0) is 21.5. The molecule has 0 atom stereocenters. The van der Waals surface area contributed by atoms with Gasteiger partial charge in [0.2, 0.25) is 0 Å². The fraction of sp³-hybridized carbons (Fsp3) is 0.500. The lowest BCUT2D eigenvalue weighted by molar-refractivity contribution is 0.0445. The van der Waals surface area contributed by atoms with Crippen molar-refractivity contribution in [2.24, 2.45) is 11.7 Å². The van der Waals surface area contributed by atoms with Gasteiger partial charge in [0.25, 0.3) is 11.9 Å². The van der Waals surface area contributed by atoms with Gasteiger partial charge in [0.1, 0.15) is 0 Å². The molecule has 0 bridgehead atoms. The summed E-state index contributed by atoms with van der Waals surface area (Å²) in [5.74, 6) is 0.509. The minimum absolute atomic E-state index is 0.133. The molecule has 3 N–H and O–H groups in total. The van der Waals surface area contributed by atoms with E-state index in [9.17, 15) is 9.90 Å². The summed E-state index contributed by atoms with van der Waals surface area (Å²) < 4.78 is 1.67. The second-order valence-corrected chi connectivity index (χ2v) is 8.96. The van der Waals surface area contributed by atoms with Crippen LogP contribution in [0.3, 0.4) is 0 Å². The van der Waals surface area contributed by atoms with Gasteiger partial charge in [0.15, 0.2) is 0 Å². The number of hydrogen-bond acceptors (Lipinski definition) is 6. The molecule has 0 aliphatic heterocycles. The van der Waals surface area contributed by atoms with Gasteiger partial charge in [0.05, 0.1) is 34.3 Å². The molecule has 1 aliphatic rings. The smallest absolute Gasteiger partial charge is 0.252 e. The second-order valence-electron chi connectivity index (χ2n) is 8.96. The number of carbonyl (C=O) groups is 1. The molecule has 0 saturated heterocycles. The van der Waals surface area contributed by atoms with Gasteiger partial charge in [-0.2, -0.15) is 9.78 Å². The van der Waals surface area contributed by atoms with E-state index in [1.807, 2.05) is 26.8 Å². The van der Waals surface area contributed by atoms with E-state index in [0.717, 1.165) is 48.7 Å². The first-order chi connectivity index (χ1) is 14.2. The van der Waals surface area contributed by atoms with Crippen molar-refractivity contribution in [3.8, 4) is 5.95 Å². The Hall–Kier alpha value is -2.87. The molecule has 0 unspecified atom stereocenters. The van der Waals surface area contributed by atoms with E-state index in [-0.39, 0.29) is 5.92 Å². The molecule has 4 rings (SSSR count). The van der Waals surface area contributed by atoms with Gasteiger partial charge in [-0.15, -0.1) is 0 Å². The normalized spacial score (nSPS) is 19.9. The SMILES string of the molecule is Cc1nn(-c2ncc(C(N)=O)c([C@H]3CC[C@H](CC(C)(C)O)CC3)n2)c2cnccc12. The minimum Gasteiger partial charge on any atom is -0.390 e. The first-order valence-electron chi connectivity index (χ1n) is 10.4. The van der Waals surface area contributed by atoms with E-state index < -0.39 is 11.5 Å². The number of hydrogen-bond donors (Lipinski definition) is 2. The molecule has 3 heterocycles. The Morgan fingerprint density at radius 3 is 2.67 bits per heavy atom. The summed E-state index contributed by atoms with van der Waals surface area (Å²) in [6, 6.07) is 1.91. The Balaban J connectivity index is 1.67. The maximum atomic E-state index is 12.1. The number of nitrogens with zero attached hydrogens (tertiary/aromatic N) is 5. The highest BCUT2D eigenvalue weighted by molar-refractivity contribution is 5.93. The van der Waals surface area contributed by atoms with Crippen LogP contribution in [-0.2, 0) is 0 Å². The molecular weight excluding hydrogens is 380 g/mol. The lowest BCUT2D eigenvalue weighted by Gasteiger charge is -2.32. The summed E-state index contributed by atoms with van der Waals surface area (Å²) >= 11 is 0. The fourth-order valence-electron chi connectivity index (χ4n) is 4.61. The number of nitrogens with two attached hydrogens (primary N) is 1. The number of fused-ring (bicyclic) bond motifs is 1. The fourth-order valence-corrected chi connectivity index (χ4v) is 4.61. The maximum Gasteiger partial charge on any atom is 0.252 e. The van der Waals surface area contributed by atoms with Crippen LogP contribution in [0.15, 0.2) is 24.7 Å². The largest absolute Gasteiger partial charge is 0.390 e. The molecular formula is C22H28N6O2. The first-order valence-corrected chi connectivity index (χ1v) is 10.4. The number of aliphatic hydroxyl groups is 1. The second kappa shape index (κ2) is 7.75. The topological polar surface area (TPSA) is 120 Å². The van der Waals surface area contributed by atoms with Crippen LogP contribution in [0.25, 0.3) is 16.9 Å². The summed E-state index contributed by atoms with van der Waals surface area (Å²) in [4.78, 5) is 25.4. The lowest BCUT2D eigenvalue weighted by Crippen LogP contribution is -2.27. The van der Waals surface area contributed by atoms with Gasteiger partial charge in [-0.3, -0.25) is 9.78 Å². The Morgan fingerprint density at radius 2 is 2.00 bits per heavy atom. The summed E-state index contributed by atoms with van der Waals surface area (Å²) in [5, 5.41) is 15.7. The van der Waals surface area contributed by atoms with Crippen molar-refractivity contribution in [1.29, 1.82) is 0 Å². The van der Waals surface area contributed by atoms with Crippen molar-refractivity contribution in [3.05, 3.63) is 41.6 Å². The first kappa shape index (κ1) is 20.4.